The van der Waals surface area contributed by atoms with E-state index < -0.39 is 26.8 Å². The molecule has 1 aromatic rings. The predicted molar refractivity (Wildman–Crippen MR) is 47.8 cm³/mol. The molecule has 3 N–H and O–H groups in total. The molecule has 1 rings (SSSR count). The Morgan fingerprint density at radius 1 is 1.50 bits per heavy atom. The molecule has 1 heterocycles. The Morgan fingerprint density at radius 3 is 2.43 bits per heavy atom. The predicted octanol–water partition coefficient (Wildman–Crippen LogP) is 0.332. The Kier molecular flexibility index (Phi) is 2.54. The van der Waals surface area contributed by atoms with Crippen LogP contribution >= 0.6 is 0 Å². The zero-order valence-corrected chi connectivity index (χ0v) is 7.90. The fourth-order valence-electron chi connectivity index (χ4n) is 1.00. The summed E-state index contributed by atoms with van der Waals surface area (Å²) in [7, 11) is -4.52. The lowest BCUT2D eigenvalue weighted by Gasteiger charge is -2.01. The monoisotopic (exact) mass is 219 g/mol. The van der Waals surface area contributed by atoms with E-state index >= 15 is 0 Å². The Labute approximate surface area is 80.5 Å². The Hall–Kier alpha value is -1.47. The molecule has 14 heavy (non-hydrogen) atoms. The molecule has 0 spiro atoms. The van der Waals surface area contributed by atoms with Gasteiger partial charge in [-0.1, -0.05) is 6.08 Å². The normalized spacial score (nSPS) is 11.5. The van der Waals surface area contributed by atoms with Crippen LogP contribution in [0.5, 0.6) is 11.8 Å². The highest BCUT2D eigenvalue weighted by Gasteiger charge is 2.22. The first-order valence-corrected chi connectivity index (χ1v) is 5.01. The minimum absolute atomic E-state index is 0.0349. The van der Waals surface area contributed by atoms with E-state index in [1.54, 1.807) is 0 Å². The van der Waals surface area contributed by atoms with Crippen LogP contribution in [-0.4, -0.2) is 27.8 Å². The minimum atomic E-state index is -4.52. The van der Waals surface area contributed by atoms with Crippen molar-refractivity contribution in [2.75, 3.05) is 0 Å². The number of allylic oxidation sites excluding steroid dienone is 1. The smallest absolute Gasteiger partial charge is 0.300 e. The van der Waals surface area contributed by atoms with Gasteiger partial charge in [0.05, 0.1) is 0 Å². The van der Waals surface area contributed by atoms with Crippen LogP contribution in [0.15, 0.2) is 23.6 Å². The van der Waals surface area contributed by atoms with E-state index in [0.29, 0.717) is 0 Å². The average molecular weight is 219 g/mol. The molecule has 0 amide bonds. The van der Waals surface area contributed by atoms with Crippen LogP contribution in [0.3, 0.4) is 0 Å². The zero-order valence-electron chi connectivity index (χ0n) is 7.08. The maximum Gasteiger partial charge on any atom is 0.300 e. The molecule has 0 bridgehead atoms. The molecule has 0 saturated heterocycles. The van der Waals surface area contributed by atoms with E-state index in [1.807, 2.05) is 0 Å². The van der Waals surface area contributed by atoms with E-state index in [-0.39, 0.29) is 6.54 Å². The molecule has 1 aromatic heterocycles. The number of aromatic hydroxyl groups is 2. The van der Waals surface area contributed by atoms with Crippen molar-refractivity contribution in [3.63, 3.8) is 0 Å². The number of hydrogen-bond donors (Lipinski definition) is 3. The quantitative estimate of drug-likeness (QED) is 0.502. The van der Waals surface area contributed by atoms with Gasteiger partial charge in [-0.3, -0.25) is 9.12 Å². The van der Waals surface area contributed by atoms with Crippen molar-refractivity contribution in [2.24, 2.45) is 0 Å². The van der Waals surface area contributed by atoms with Gasteiger partial charge in [0.1, 0.15) is 0 Å². The lowest BCUT2D eigenvalue weighted by molar-refractivity contribution is 0.372. The van der Waals surface area contributed by atoms with Gasteiger partial charge >= 0.3 is 0 Å². The van der Waals surface area contributed by atoms with Crippen LogP contribution in [0.4, 0.5) is 0 Å². The van der Waals surface area contributed by atoms with Crippen molar-refractivity contribution >= 4 is 10.1 Å². The van der Waals surface area contributed by atoms with Crippen LogP contribution in [0.1, 0.15) is 0 Å². The molecule has 0 saturated carbocycles. The molecule has 0 aliphatic rings. The van der Waals surface area contributed by atoms with Gasteiger partial charge < -0.3 is 10.2 Å². The standard InChI is InChI=1S/C7H9NO5S/c1-2-3-8-6(9)4-5(7(8)10)14(11,12)13/h2,4,9-10H,1,3H2,(H,11,12,13). The summed E-state index contributed by atoms with van der Waals surface area (Å²) in [4.78, 5) is -0.725. The van der Waals surface area contributed by atoms with Crippen LogP contribution < -0.4 is 0 Å². The number of nitrogens with zero attached hydrogens (tertiary/aromatic N) is 1. The number of rotatable bonds is 3. The van der Waals surface area contributed by atoms with Gasteiger partial charge in [0.2, 0.25) is 5.88 Å². The van der Waals surface area contributed by atoms with Crippen LogP contribution in [0.25, 0.3) is 0 Å². The highest BCUT2D eigenvalue weighted by atomic mass is 32.2. The Bertz CT molecular complexity index is 459. The molecule has 0 unspecified atom stereocenters. The second kappa shape index (κ2) is 3.35. The third-order valence-corrected chi connectivity index (χ3v) is 2.46. The average Bonchev–Trinajstić information content (AvgIpc) is 2.31. The summed E-state index contributed by atoms with van der Waals surface area (Å²) in [6, 6.07) is 0.758. The van der Waals surface area contributed by atoms with E-state index in [2.05, 4.69) is 6.58 Å². The van der Waals surface area contributed by atoms with Gasteiger partial charge in [0.25, 0.3) is 10.1 Å². The van der Waals surface area contributed by atoms with E-state index in [0.717, 1.165) is 10.6 Å². The number of hydrogen-bond acceptors (Lipinski definition) is 4. The molecule has 0 aliphatic carbocycles. The maximum atomic E-state index is 10.7. The molecule has 0 atom stereocenters. The Balaban J connectivity index is 3.38. The van der Waals surface area contributed by atoms with Crippen molar-refractivity contribution in [2.45, 2.75) is 11.4 Å². The van der Waals surface area contributed by atoms with Crippen molar-refractivity contribution in [1.29, 1.82) is 0 Å². The summed E-state index contributed by atoms with van der Waals surface area (Å²) in [5.74, 6) is -1.18. The molecule has 0 fully saturated rings. The molecule has 6 nitrogen and oxygen atoms in total. The first-order valence-electron chi connectivity index (χ1n) is 3.57. The van der Waals surface area contributed by atoms with Gasteiger partial charge in [-0.05, 0) is 0 Å². The van der Waals surface area contributed by atoms with Crippen LogP contribution in [-0.2, 0) is 16.7 Å². The SMILES string of the molecule is C=CCn1c(O)cc(S(=O)(=O)O)c1O. The third-order valence-electron chi connectivity index (χ3n) is 1.60. The molecular formula is C7H9NO5S. The topological polar surface area (TPSA) is 99.8 Å². The minimum Gasteiger partial charge on any atom is -0.494 e. The number of aromatic nitrogens is 1. The highest BCUT2D eigenvalue weighted by molar-refractivity contribution is 7.86. The third kappa shape index (κ3) is 1.73. The molecule has 7 heteroatoms. The summed E-state index contributed by atoms with van der Waals surface area (Å²) < 4.78 is 30.9. The van der Waals surface area contributed by atoms with Crippen molar-refractivity contribution in [3.8, 4) is 11.8 Å². The first kappa shape index (κ1) is 10.6. The summed E-state index contributed by atoms with van der Waals surface area (Å²) in [5.41, 5.74) is 0. The zero-order chi connectivity index (χ0) is 10.9. The van der Waals surface area contributed by atoms with E-state index in [9.17, 15) is 18.6 Å². The van der Waals surface area contributed by atoms with Crippen molar-refractivity contribution in [1.82, 2.24) is 4.57 Å². The fraction of sp³-hybridized carbons (Fsp3) is 0.143. The van der Waals surface area contributed by atoms with Gasteiger partial charge in [-0.15, -0.1) is 6.58 Å². The second-order valence-electron chi connectivity index (χ2n) is 2.56. The lowest BCUT2D eigenvalue weighted by atomic mass is 10.6. The van der Waals surface area contributed by atoms with Gasteiger partial charge in [0.15, 0.2) is 10.8 Å². The fourth-order valence-corrected chi connectivity index (χ4v) is 1.60. The van der Waals surface area contributed by atoms with Crippen LogP contribution in [0, 0.1) is 0 Å². The first-order chi connectivity index (χ1) is 6.38. The summed E-state index contributed by atoms with van der Waals surface area (Å²) in [5, 5.41) is 18.5. The summed E-state index contributed by atoms with van der Waals surface area (Å²) in [6.45, 7) is 3.39. The van der Waals surface area contributed by atoms with Gasteiger partial charge in [-0.2, -0.15) is 8.42 Å². The van der Waals surface area contributed by atoms with Crippen LogP contribution in [0.2, 0.25) is 0 Å². The molecular weight excluding hydrogens is 210 g/mol. The van der Waals surface area contributed by atoms with Gasteiger partial charge in [-0.25, -0.2) is 0 Å². The largest absolute Gasteiger partial charge is 0.494 e. The van der Waals surface area contributed by atoms with E-state index in [1.165, 1.54) is 6.08 Å². The lowest BCUT2D eigenvalue weighted by Crippen LogP contribution is -1.98. The van der Waals surface area contributed by atoms with E-state index in [4.69, 9.17) is 4.55 Å². The molecule has 78 valence electrons. The van der Waals surface area contributed by atoms with Crippen molar-refractivity contribution in [3.05, 3.63) is 18.7 Å². The summed E-state index contributed by atoms with van der Waals surface area (Å²) in [6.07, 6.45) is 1.35. The second-order valence-corrected chi connectivity index (χ2v) is 3.95. The summed E-state index contributed by atoms with van der Waals surface area (Å²) >= 11 is 0. The molecule has 0 aromatic carbocycles. The maximum absolute atomic E-state index is 10.7. The van der Waals surface area contributed by atoms with Gasteiger partial charge in [0, 0.05) is 12.6 Å². The Morgan fingerprint density at radius 2 is 2.07 bits per heavy atom. The molecule has 0 radical (unpaired) electrons. The van der Waals surface area contributed by atoms with Crippen molar-refractivity contribution < 1.29 is 23.2 Å². The molecule has 0 aliphatic heterocycles. The highest BCUT2D eigenvalue weighted by Crippen LogP contribution is 2.30.